The van der Waals surface area contributed by atoms with E-state index in [4.69, 9.17) is 0 Å². The van der Waals surface area contributed by atoms with E-state index >= 15 is 0 Å². The Labute approximate surface area is 126 Å². The van der Waals surface area contributed by atoms with E-state index in [1.165, 1.54) is 0 Å². The van der Waals surface area contributed by atoms with E-state index in [0.29, 0.717) is 0 Å². The van der Waals surface area contributed by atoms with Crippen LogP contribution in [0.5, 0.6) is 0 Å². The molecule has 0 saturated heterocycles. The van der Waals surface area contributed by atoms with Crippen LogP contribution in [0.1, 0.15) is 32.3 Å². The number of hydrogen-bond donors (Lipinski definition) is 2. The molecule has 0 amide bonds. The van der Waals surface area contributed by atoms with Crippen molar-refractivity contribution in [2.75, 3.05) is 5.75 Å². The molecule has 0 aliphatic rings. The summed E-state index contributed by atoms with van der Waals surface area (Å²) >= 11 is 0. The molecule has 2 N–H and O–H groups in total. The van der Waals surface area contributed by atoms with Crippen LogP contribution in [0.2, 0.25) is 0 Å². The second-order valence-corrected chi connectivity index (χ2v) is 7.17. The molecule has 118 valence electrons. The molecule has 0 spiro atoms. The molecule has 5 nitrogen and oxygen atoms in total. The van der Waals surface area contributed by atoms with Crippen molar-refractivity contribution in [1.82, 2.24) is 4.72 Å². The molecule has 2 atom stereocenters. The van der Waals surface area contributed by atoms with Gasteiger partial charge in [0.05, 0.1) is 5.75 Å². The zero-order chi connectivity index (χ0) is 15.9. The van der Waals surface area contributed by atoms with Crippen LogP contribution < -0.4 is 4.72 Å². The summed E-state index contributed by atoms with van der Waals surface area (Å²) in [5, 5.41) is 9.21. The van der Waals surface area contributed by atoms with Gasteiger partial charge in [-0.25, -0.2) is 13.1 Å². The number of carboxylic acids is 1. The van der Waals surface area contributed by atoms with Crippen LogP contribution in [0.25, 0.3) is 0 Å². The second kappa shape index (κ2) is 8.14. The lowest BCUT2D eigenvalue weighted by Crippen LogP contribution is -2.44. The summed E-state index contributed by atoms with van der Waals surface area (Å²) in [6.45, 7) is 3.85. The topological polar surface area (TPSA) is 83.5 Å². The third-order valence-corrected chi connectivity index (χ3v) is 4.84. The van der Waals surface area contributed by atoms with Crippen LogP contribution in [0, 0.1) is 5.92 Å². The zero-order valence-corrected chi connectivity index (χ0v) is 13.3. The number of benzene rings is 1. The Hall–Kier alpha value is -1.40. The van der Waals surface area contributed by atoms with Crippen molar-refractivity contribution in [3.8, 4) is 0 Å². The Morgan fingerprint density at radius 2 is 1.90 bits per heavy atom. The Kier molecular flexibility index (Phi) is 6.84. The molecular formula is C15H23NO4S. The van der Waals surface area contributed by atoms with Crippen LogP contribution in [0.15, 0.2) is 30.3 Å². The van der Waals surface area contributed by atoms with Gasteiger partial charge in [-0.1, -0.05) is 50.6 Å². The quantitative estimate of drug-likeness (QED) is 0.731. The maximum absolute atomic E-state index is 12.0. The van der Waals surface area contributed by atoms with Gasteiger partial charge in [-0.2, -0.15) is 0 Å². The van der Waals surface area contributed by atoms with E-state index in [-0.39, 0.29) is 18.1 Å². The molecule has 0 aliphatic heterocycles. The third-order valence-electron chi connectivity index (χ3n) is 3.19. The highest BCUT2D eigenvalue weighted by Crippen LogP contribution is 2.10. The molecule has 1 unspecified atom stereocenters. The SMILES string of the molecule is CCCC(C)CS(=O)(=O)N[C@@H](Cc1ccccc1)C(=O)O. The zero-order valence-electron chi connectivity index (χ0n) is 12.5. The molecule has 0 heterocycles. The standard InChI is InChI=1S/C15H23NO4S/c1-3-7-12(2)11-21(19,20)16-14(15(17)18)10-13-8-5-4-6-9-13/h4-6,8-9,12,14,16H,3,7,10-11H2,1-2H3,(H,17,18)/t12?,14-/m0/s1. The maximum Gasteiger partial charge on any atom is 0.322 e. The fourth-order valence-corrected chi connectivity index (χ4v) is 3.87. The number of hydrogen-bond acceptors (Lipinski definition) is 3. The highest BCUT2D eigenvalue weighted by atomic mass is 32.2. The lowest BCUT2D eigenvalue weighted by Gasteiger charge is -2.17. The first-order valence-corrected chi connectivity index (χ1v) is 8.76. The second-order valence-electron chi connectivity index (χ2n) is 5.37. The molecular weight excluding hydrogens is 290 g/mol. The minimum Gasteiger partial charge on any atom is -0.480 e. The molecule has 0 aliphatic carbocycles. The van der Waals surface area contributed by atoms with Crippen LogP contribution in [-0.4, -0.2) is 31.3 Å². The summed E-state index contributed by atoms with van der Waals surface area (Å²) in [4.78, 5) is 11.3. The first-order valence-electron chi connectivity index (χ1n) is 7.10. The lowest BCUT2D eigenvalue weighted by molar-refractivity contribution is -0.138. The summed E-state index contributed by atoms with van der Waals surface area (Å²) in [6, 6.07) is 7.85. The van der Waals surface area contributed by atoms with Crippen LogP contribution in [-0.2, 0) is 21.2 Å². The van der Waals surface area contributed by atoms with Crippen molar-refractivity contribution < 1.29 is 18.3 Å². The van der Waals surface area contributed by atoms with Gasteiger partial charge < -0.3 is 5.11 Å². The fourth-order valence-electron chi connectivity index (χ4n) is 2.24. The molecule has 6 heteroatoms. The summed E-state index contributed by atoms with van der Waals surface area (Å²) in [5.74, 6) is -1.19. The van der Waals surface area contributed by atoms with Crippen molar-refractivity contribution in [1.29, 1.82) is 0 Å². The Morgan fingerprint density at radius 3 is 2.43 bits per heavy atom. The van der Waals surface area contributed by atoms with Crippen molar-refractivity contribution in [3.05, 3.63) is 35.9 Å². The fraction of sp³-hybridized carbons (Fsp3) is 0.533. The van der Waals surface area contributed by atoms with E-state index in [9.17, 15) is 18.3 Å². The molecule has 1 aromatic rings. The minimum absolute atomic E-state index is 0.0127. The maximum atomic E-state index is 12.0. The summed E-state index contributed by atoms with van der Waals surface area (Å²) in [7, 11) is -3.60. The van der Waals surface area contributed by atoms with Gasteiger partial charge in [0, 0.05) is 0 Å². The molecule has 21 heavy (non-hydrogen) atoms. The van der Waals surface area contributed by atoms with E-state index in [1.807, 2.05) is 19.9 Å². The van der Waals surface area contributed by atoms with Gasteiger partial charge in [-0.15, -0.1) is 0 Å². The van der Waals surface area contributed by atoms with Gasteiger partial charge in [0.25, 0.3) is 0 Å². The van der Waals surface area contributed by atoms with E-state index in [2.05, 4.69) is 4.72 Å². The predicted molar refractivity (Wildman–Crippen MR) is 82.6 cm³/mol. The van der Waals surface area contributed by atoms with Crippen molar-refractivity contribution >= 4 is 16.0 Å². The first-order chi connectivity index (χ1) is 9.84. The van der Waals surface area contributed by atoms with Crippen LogP contribution >= 0.6 is 0 Å². The normalized spacial score (nSPS) is 14.6. The van der Waals surface area contributed by atoms with Gasteiger partial charge in [0.2, 0.25) is 10.0 Å². The highest BCUT2D eigenvalue weighted by Gasteiger charge is 2.25. The Balaban J connectivity index is 2.72. The lowest BCUT2D eigenvalue weighted by atomic mass is 10.1. The first kappa shape index (κ1) is 17.7. The van der Waals surface area contributed by atoms with Gasteiger partial charge in [-0.3, -0.25) is 4.79 Å². The number of nitrogens with one attached hydrogen (secondary N) is 1. The van der Waals surface area contributed by atoms with Crippen LogP contribution in [0.4, 0.5) is 0 Å². The van der Waals surface area contributed by atoms with Crippen molar-refractivity contribution in [3.63, 3.8) is 0 Å². The van der Waals surface area contributed by atoms with Crippen molar-refractivity contribution in [2.24, 2.45) is 5.92 Å². The van der Waals surface area contributed by atoms with Gasteiger partial charge in [0.15, 0.2) is 0 Å². The van der Waals surface area contributed by atoms with E-state index in [0.717, 1.165) is 18.4 Å². The molecule has 0 bridgehead atoms. The predicted octanol–water partition coefficient (Wildman–Crippen LogP) is 2.04. The molecule has 1 rings (SSSR count). The van der Waals surface area contributed by atoms with E-state index < -0.39 is 22.0 Å². The van der Waals surface area contributed by atoms with Crippen LogP contribution in [0.3, 0.4) is 0 Å². The summed E-state index contributed by atoms with van der Waals surface area (Å²) in [6.07, 6.45) is 1.85. The molecule has 0 fully saturated rings. The molecule has 0 aromatic heterocycles. The third kappa shape index (κ3) is 6.73. The molecule has 0 radical (unpaired) electrons. The number of sulfonamides is 1. The number of aliphatic carboxylic acids is 1. The molecule has 1 aromatic carbocycles. The monoisotopic (exact) mass is 313 g/mol. The summed E-state index contributed by atoms with van der Waals surface area (Å²) < 4.78 is 26.4. The smallest absolute Gasteiger partial charge is 0.322 e. The van der Waals surface area contributed by atoms with Crippen molar-refractivity contribution in [2.45, 2.75) is 39.2 Å². The molecule has 0 saturated carbocycles. The summed E-state index contributed by atoms with van der Waals surface area (Å²) in [5.41, 5.74) is 0.786. The average molecular weight is 313 g/mol. The van der Waals surface area contributed by atoms with E-state index in [1.54, 1.807) is 24.3 Å². The largest absolute Gasteiger partial charge is 0.480 e. The Morgan fingerprint density at radius 1 is 1.29 bits per heavy atom. The number of rotatable bonds is 9. The van der Waals surface area contributed by atoms with Gasteiger partial charge in [-0.05, 0) is 24.3 Å². The Bertz CT molecular complexity index is 542. The van der Waals surface area contributed by atoms with Gasteiger partial charge in [0.1, 0.15) is 6.04 Å². The van der Waals surface area contributed by atoms with Gasteiger partial charge >= 0.3 is 5.97 Å². The highest BCUT2D eigenvalue weighted by molar-refractivity contribution is 7.89. The minimum atomic E-state index is -3.60. The average Bonchev–Trinajstić information content (AvgIpc) is 2.38. The number of carboxylic acid groups (broad SMARTS) is 1. The number of carbonyl (C=O) groups is 1.